The Balaban J connectivity index is 1.88. The molecule has 118 valence electrons. The van der Waals surface area contributed by atoms with Gasteiger partial charge in [0.05, 0.1) is 10.6 Å². The van der Waals surface area contributed by atoms with Gasteiger partial charge in [0.15, 0.2) is 4.32 Å². The lowest BCUT2D eigenvalue weighted by Crippen LogP contribution is -2.27. The van der Waals surface area contributed by atoms with Gasteiger partial charge in [-0.25, -0.2) is 0 Å². The normalized spacial score (nSPS) is 16.5. The van der Waals surface area contributed by atoms with Crippen LogP contribution in [0.2, 0.25) is 0 Å². The molecule has 1 aliphatic rings. The van der Waals surface area contributed by atoms with Gasteiger partial charge in [0.25, 0.3) is 5.91 Å². The molecule has 1 saturated heterocycles. The number of furan rings is 1. The second-order valence-electron chi connectivity index (χ2n) is 5.38. The summed E-state index contributed by atoms with van der Waals surface area (Å²) in [5, 5.41) is 0. The summed E-state index contributed by atoms with van der Waals surface area (Å²) in [5.74, 6) is 1.35. The number of hydrogen-bond donors (Lipinski definition) is 0. The second kappa shape index (κ2) is 6.22. The van der Waals surface area contributed by atoms with Crippen LogP contribution in [0.5, 0.6) is 0 Å². The molecule has 2 heterocycles. The molecule has 0 atom stereocenters. The Morgan fingerprint density at radius 3 is 2.43 bits per heavy atom. The lowest BCUT2D eigenvalue weighted by Gasteiger charge is -2.17. The van der Waals surface area contributed by atoms with Crippen molar-refractivity contribution in [2.45, 2.75) is 6.92 Å². The number of nitrogens with zero attached hydrogens (tertiary/aromatic N) is 2. The van der Waals surface area contributed by atoms with E-state index in [4.69, 9.17) is 16.6 Å². The molecule has 0 N–H and O–H groups in total. The van der Waals surface area contributed by atoms with E-state index in [0.29, 0.717) is 15.0 Å². The average Bonchev–Trinajstić information content (AvgIpc) is 3.03. The predicted molar refractivity (Wildman–Crippen MR) is 99.9 cm³/mol. The van der Waals surface area contributed by atoms with Crippen molar-refractivity contribution in [1.82, 2.24) is 0 Å². The first-order valence-corrected chi connectivity index (χ1v) is 8.30. The van der Waals surface area contributed by atoms with Crippen LogP contribution < -0.4 is 9.80 Å². The Morgan fingerprint density at radius 2 is 1.87 bits per heavy atom. The van der Waals surface area contributed by atoms with E-state index in [2.05, 4.69) is 0 Å². The topological polar surface area (TPSA) is 36.7 Å². The first kappa shape index (κ1) is 15.8. The highest BCUT2D eigenvalue weighted by Crippen LogP contribution is 2.36. The second-order valence-corrected chi connectivity index (χ2v) is 7.05. The Kier molecular flexibility index (Phi) is 4.28. The first-order valence-electron chi connectivity index (χ1n) is 7.07. The van der Waals surface area contributed by atoms with Crippen LogP contribution in [-0.4, -0.2) is 24.3 Å². The smallest absolute Gasteiger partial charge is 0.270 e. The van der Waals surface area contributed by atoms with E-state index in [1.165, 1.54) is 11.8 Å². The van der Waals surface area contributed by atoms with Gasteiger partial charge < -0.3 is 9.32 Å². The fourth-order valence-corrected chi connectivity index (χ4v) is 3.53. The third-order valence-corrected chi connectivity index (χ3v) is 4.75. The molecule has 1 amide bonds. The van der Waals surface area contributed by atoms with E-state index in [1.807, 2.05) is 62.3 Å². The minimum atomic E-state index is -0.119. The Labute approximate surface area is 144 Å². The number of aryl methyl sites for hydroxylation is 1. The summed E-state index contributed by atoms with van der Waals surface area (Å²) < 4.78 is 6.03. The van der Waals surface area contributed by atoms with Gasteiger partial charge in [-0.2, -0.15) is 0 Å². The molecule has 0 saturated carbocycles. The molecule has 0 aliphatic carbocycles. The van der Waals surface area contributed by atoms with Crippen molar-refractivity contribution in [3.8, 4) is 0 Å². The van der Waals surface area contributed by atoms with Gasteiger partial charge in [0, 0.05) is 25.9 Å². The van der Waals surface area contributed by atoms with Crippen LogP contribution in [0.1, 0.15) is 11.5 Å². The molecule has 3 rings (SSSR count). The summed E-state index contributed by atoms with van der Waals surface area (Å²) in [6.07, 6.45) is 1.74. The number of thiocarbonyl (C=S) groups is 1. The van der Waals surface area contributed by atoms with Crippen molar-refractivity contribution in [2.75, 3.05) is 23.9 Å². The maximum Gasteiger partial charge on any atom is 0.270 e. The van der Waals surface area contributed by atoms with Gasteiger partial charge >= 0.3 is 0 Å². The third-order valence-electron chi connectivity index (χ3n) is 3.45. The van der Waals surface area contributed by atoms with Crippen molar-refractivity contribution < 1.29 is 9.21 Å². The molecule has 6 heteroatoms. The maximum atomic E-state index is 12.6. The van der Waals surface area contributed by atoms with Gasteiger partial charge in [0.1, 0.15) is 11.5 Å². The number of rotatable bonds is 3. The van der Waals surface area contributed by atoms with Crippen LogP contribution in [-0.2, 0) is 4.79 Å². The largest absolute Gasteiger partial charge is 0.462 e. The number of hydrogen-bond acceptors (Lipinski definition) is 5. The lowest BCUT2D eigenvalue weighted by molar-refractivity contribution is -0.113. The Morgan fingerprint density at radius 1 is 1.17 bits per heavy atom. The fourth-order valence-electron chi connectivity index (χ4n) is 2.25. The van der Waals surface area contributed by atoms with E-state index < -0.39 is 0 Å². The van der Waals surface area contributed by atoms with Gasteiger partial charge in [-0.3, -0.25) is 9.69 Å². The van der Waals surface area contributed by atoms with E-state index in [9.17, 15) is 4.79 Å². The monoisotopic (exact) mass is 344 g/mol. The molecule has 23 heavy (non-hydrogen) atoms. The summed E-state index contributed by atoms with van der Waals surface area (Å²) in [6.45, 7) is 1.87. The van der Waals surface area contributed by atoms with E-state index in [1.54, 1.807) is 11.0 Å². The quantitative estimate of drug-likeness (QED) is 0.620. The van der Waals surface area contributed by atoms with Crippen molar-refractivity contribution >= 4 is 51.7 Å². The summed E-state index contributed by atoms with van der Waals surface area (Å²) >= 11 is 6.66. The molecular formula is C17H16N2O2S2. The first-order chi connectivity index (χ1) is 11.0. The summed E-state index contributed by atoms with van der Waals surface area (Å²) in [6, 6.07) is 11.4. The van der Waals surface area contributed by atoms with Crippen molar-refractivity contribution in [3.63, 3.8) is 0 Å². The van der Waals surface area contributed by atoms with Crippen molar-refractivity contribution in [3.05, 3.63) is 52.8 Å². The highest BCUT2D eigenvalue weighted by Gasteiger charge is 2.33. The summed E-state index contributed by atoms with van der Waals surface area (Å²) in [4.78, 5) is 16.8. The fraction of sp³-hybridized carbons (Fsp3) is 0.176. The highest BCUT2D eigenvalue weighted by atomic mass is 32.2. The number of amides is 1. The molecule has 0 spiro atoms. The zero-order valence-corrected chi connectivity index (χ0v) is 14.7. The molecule has 1 fully saturated rings. The number of anilines is 2. The van der Waals surface area contributed by atoms with E-state index in [-0.39, 0.29) is 5.91 Å². The van der Waals surface area contributed by atoms with E-state index in [0.717, 1.165) is 17.1 Å². The minimum absolute atomic E-state index is 0.119. The highest BCUT2D eigenvalue weighted by molar-refractivity contribution is 8.27. The molecule has 0 unspecified atom stereocenters. The van der Waals surface area contributed by atoms with Crippen LogP contribution in [0.3, 0.4) is 0 Å². The molecular weight excluding hydrogens is 328 g/mol. The maximum absolute atomic E-state index is 12.6. The number of benzene rings is 1. The average molecular weight is 344 g/mol. The molecule has 0 radical (unpaired) electrons. The number of carbonyl (C=O) groups excluding carboxylic acids is 1. The lowest BCUT2D eigenvalue weighted by atomic mass is 10.2. The predicted octanol–water partition coefficient (Wildman–Crippen LogP) is 4.06. The van der Waals surface area contributed by atoms with Gasteiger partial charge in [0.2, 0.25) is 0 Å². The molecule has 1 aromatic heterocycles. The molecule has 4 nitrogen and oxygen atoms in total. The molecule has 2 aromatic rings. The summed E-state index contributed by atoms with van der Waals surface area (Å²) in [7, 11) is 3.95. The Hall–Kier alpha value is -2.05. The van der Waals surface area contributed by atoms with E-state index >= 15 is 0 Å². The summed E-state index contributed by atoms with van der Waals surface area (Å²) in [5.41, 5.74) is 1.85. The van der Waals surface area contributed by atoms with Crippen LogP contribution in [0.25, 0.3) is 6.08 Å². The van der Waals surface area contributed by atoms with Crippen molar-refractivity contribution in [1.29, 1.82) is 0 Å². The van der Waals surface area contributed by atoms with Gasteiger partial charge in [-0.15, -0.1) is 0 Å². The third kappa shape index (κ3) is 3.18. The number of carbonyl (C=O) groups is 1. The van der Waals surface area contributed by atoms with Crippen molar-refractivity contribution in [2.24, 2.45) is 0 Å². The molecule has 1 aromatic carbocycles. The molecule has 0 bridgehead atoms. The number of thioether (sulfide) groups is 1. The van der Waals surface area contributed by atoms with Gasteiger partial charge in [-0.05, 0) is 43.3 Å². The molecule has 1 aliphatic heterocycles. The standard InChI is InChI=1S/C17H16N2O2S2/c1-11-4-9-14(21-11)10-15-16(20)19(17(22)23-15)13-7-5-12(6-8-13)18(2)3/h4-10H,1-3H3. The Bertz CT molecular complexity index is 791. The van der Waals surface area contributed by atoms with Crippen LogP contribution in [0.15, 0.2) is 45.7 Å². The minimum Gasteiger partial charge on any atom is -0.462 e. The van der Waals surface area contributed by atoms with Crippen LogP contribution in [0, 0.1) is 6.92 Å². The zero-order valence-electron chi connectivity index (χ0n) is 13.1. The van der Waals surface area contributed by atoms with Gasteiger partial charge in [-0.1, -0.05) is 24.0 Å². The van der Waals surface area contributed by atoms with Crippen LogP contribution >= 0.6 is 24.0 Å². The SMILES string of the molecule is Cc1ccc(C=C2SC(=S)N(c3ccc(N(C)C)cc3)C2=O)o1. The van der Waals surface area contributed by atoms with Crippen LogP contribution in [0.4, 0.5) is 11.4 Å². The zero-order chi connectivity index (χ0) is 16.6.